The Labute approximate surface area is 221 Å². The molecule has 1 fully saturated rings. The number of allylic oxidation sites excluding steroid dienone is 1. The third-order valence-corrected chi connectivity index (χ3v) is 5.78. The molecular formula is C30H28N2O6. The van der Waals surface area contributed by atoms with Crippen molar-refractivity contribution >= 4 is 29.6 Å². The van der Waals surface area contributed by atoms with Gasteiger partial charge < -0.3 is 14.2 Å². The van der Waals surface area contributed by atoms with Crippen LogP contribution in [0, 0.1) is 0 Å². The van der Waals surface area contributed by atoms with E-state index in [0.29, 0.717) is 48.1 Å². The monoisotopic (exact) mass is 512 g/mol. The van der Waals surface area contributed by atoms with Crippen molar-refractivity contribution < 1.29 is 28.6 Å². The lowest BCUT2D eigenvalue weighted by molar-refractivity contribution is -0.122. The molecule has 1 aliphatic heterocycles. The minimum Gasteiger partial charge on any atom is -0.493 e. The molecule has 0 radical (unpaired) electrons. The number of carbonyl (C=O) groups is 3. The zero-order valence-corrected chi connectivity index (χ0v) is 21.2. The SMILES string of the molecule is C=CCc1cc(/C=C2\C(=O)NC(=O)N(c3ccc(OCc4ccccc4)cc3)C2=O)cc(OCC)c1OC. The Balaban J connectivity index is 1.61. The molecule has 0 spiro atoms. The molecule has 1 N–H and O–H groups in total. The zero-order chi connectivity index (χ0) is 27.1. The second-order valence-corrected chi connectivity index (χ2v) is 8.36. The van der Waals surface area contributed by atoms with Crippen LogP contribution in [0.3, 0.4) is 0 Å². The molecule has 0 saturated carbocycles. The van der Waals surface area contributed by atoms with Gasteiger partial charge in [-0.2, -0.15) is 0 Å². The van der Waals surface area contributed by atoms with Crippen LogP contribution in [0.4, 0.5) is 10.5 Å². The second kappa shape index (κ2) is 11.9. The number of barbiturate groups is 1. The number of urea groups is 1. The van der Waals surface area contributed by atoms with Crippen molar-refractivity contribution in [2.24, 2.45) is 0 Å². The number of amides is 4. The van der Waals surface area contributed by atoms with Gasteiger partial charge in [0.1, 0.15) is 17.9 Å². The molecular weight excluding hydrogens is 484 g/mol. The molecule has 8 heteroatoms. The van der Waals surface area contributed by atoms with Gasteiger partial charge >= 0.3 is 6.03 Å². The zero-order valence-electron chi connectivity index (χ0n) is 21.2. The second-order valence-electron chi connectivity index (χ2n) is 8.36. The summed E-state index contributed by atoms with van der Waals surface area (Å²) >= 11 is 0. The molecule has 1 saturated heterocycles. The number of anilines is 1. The van der Waals surface area contributed by atoms with Crippen molar-refractivity contribution in [3.8, 4) is 17.2 Å². The molecule has 3 aromatic rings. The van der Waals surface area contributed by atoms with Gasteiger partial charge in [-0.05, 0) is 66.9 Å². The number of nitrogens with zero attached hydrogens (tertiary/aromatic N) is 1. The fraction of sp³-hybridized carbons (Fsp3) is 0.167. The lowest BCUT2D eigenvalue weighted by Crippen LogP contribution is -2.54. The van der Waals surface area contributed by atoms with Crippen LogP contribution in [-0.4, -0.2) is 31.6 Å². The summed E-state index contributed by atoms with van der Waals surface area (Å²) in [5.41, 5.74) is 2.45. The van der Waals surface area contributed by atoms with E-state index in [-0.39, 0.29) is 5.57 Å². The van der Waals surface area contributed by atoms with E-state index >= 15 is 0 Å². The number of methoxy groups -OCH3 is 1. The molecule has 8 nitrogen and oxygen atoms in total. The maximum atomic E-state index is 13.4. The maximum Gasteiger partial charge on any atom is 0.335 e. The van der Waals surface area contributed by atoms with Gasteiger partial charge in [0, 0.05) is 5.56 Å². The molecule has 0 aliphatic carbocycles. The molecule has 0 aromatic heterocycles. The Kier molecular flexibility index (Phi) is 8.23. The van der Waals surface area contributed by atoms with E-state index in [1.165, 1.54) is 6.08 Å². The highest BCUT2D eigenvalue weighted by Gasteiger charge is 2.37. The smallest absolute Gasteiger partial charge is 0.335 e. The summed E-state index contributed by atoms with van der Waals surface area (Å²) in [4.78, 5) is 39.6. The molecule has 4 amide bonds. The maximum absolute atomic E-state index is 13.4. The van der Waals surface area contributed by atoms with Crippen LogP contribution in [0.15, 0.2) is 85.0 Å². The van der Waals surface area contributed by atoms with Gasteiger partial charge in [0.25, 0.3) is 11.8 Å². The van der Waals surface area contributed by atoms with E-state index in [9.17, 15) is 14.4 Å². The third kappa shape index (κ3) is 5.75. The Morgan fingerprint density at radius 2 is 1.71 bits per heavy atom. The number of hydrogen-bond donors (Lipinski definition) is 1. The van der Waals surface area contributed by atoms with E-state index in [0.717, 1.165) is 16.0 Å². The third-order valence-electron chi connectivity index (χ3n) is 5.78. The number of carbonyl (C=O) groups excluding carboxylic acids is 3. The summed E-state index contributed by atoms with van der Waals surface area (Å²) in [6, 6.07) is 18.9. The highest BCUT2D eigenvalue weighted by Crippen LogP contribution is 2.35. The molecule has 1 aliphatic rings. The number of nitrogens with one attached hydrogen (secondary N) is 1. The normalized spacial score (nSPS) is 14.3. The van der Waals surface area contributed by atoms with Crippen LogP contribution in [0.25, 0.3) is 6.08 Å². The quantitative estimate of drug-likeness (QED) is 0.232. The Hall–Kier alpha value is -4.85. The average Bonchev–Trinajstić information content (AvgIpc) is 2.91. The molecule has 4 rings (SSSR count). The highest BCUT2D eigenvalue weighted by molar-refractivity contribution is 6.39. The summed E-state index contributed by atoms with van der Waals surface area (Å²) in [5, 5.41) is 2.25. The van der Waals surface area contributed by atoms with E-state index in [1.54, 1.807) is 49.6 Å². The average molecular weight is 513 g/mol. The first kappa shape index (κ1) is 26.2. The van der Waals surface area contributed by atoms with Gasteiger partial charge in [0.2, 0.25) is 0 Å². The minimum absolute atomic E-state index is 0.189. The summed E-state index contributed by atoms with van der Waals surface area (Å²) in [6.45, 7) is 6.40. The molecule has 1 heterocycles. The van der Waals surface area contributed by atoms with Crippen molar-refractivity contribution in [2.75, 3.05) is 18.6 Å². The van der Waals surface area contributed by atoms with Crippen molar-refractivity contribution in [2.45, 2.75) is 20.0 Å². The van der Waals surface area contributed by atoms with Crippen molar-refractivity contribution in [1.82, 2.24) is 5.32 Å². The Morgan fingerprint density at radius 3 is 2.37 bits per heavy atom. The van der Waals surface area contributed by atoms with Crippen molar-refractivity contribution in [3.05, 3.63) is 102 Å². The number of ether oxygens (including phenoxy) is 3. The fourth-order valence-electron chi connectivity index (χ4n) is 4.06. The molecule has 0 bridgehead atoms. The lowest BCUT2D eigenvalue weighted by Gasteiger charge is -2.26. The van der Waals surface area contributed by atoms with Crippen molar-refractivity contribution in [3.63, 3.8) is 0 Å². The Bertz CT molecular complexity index is 1380. The van der Waals surface area contributed by atoms with Crippen LogP contribution < -0.4 is 24.4 Å². The van der Waals surface area contributed by atoms with Crippen LogP contribution in [-0.2, 0) is 22.6 Å². The first-order valence-electron chi connectivity index (χ1n) is 12.1. The summed E-state index contributed by atoms with van der Waals surface area (Å²) in [7, 11) is 1.54. The Morgan fingerprint density at radius 1 is 0.974 bits per heavy atom. The summed E-state index contributed by atoms with van der Waals surface area (Å²) in [5.74, 6) is 0.0863. The fourth-order valence-corrected chi connectivity index (χ4v) is 4.06. The van der Waals surface area contributed by atoms with Crippen LogP contribution in [0.5, 0.6) is 17.2 Å². The van der Waals surface area contributed by atoms with Gasteiger partial charge in [0.05, 0.1) is 19.4 Å². The number of imide groups is 2. The predicted octanol–water partition coefficient (Wildman–Crippen LogP) is 5.07. The van der Waals surface area contributed by atoms with Crippen LogP contribution in [0.2, 0.25) is 0 Å². The highest BCUT2D eigenvalue weighted by atomic mass is 16.5. The van der Waals surface area contributed by atoms with E-state index in [1.807, 2.05) is 37.3 Å². The van der Waals surface area contributed by atoms with Crippen LogP contribution in [0.1, 0.15) is 23.6 Å². The number of hydrogen-bond acceptors (Lipinski definition) is 6. The summed E-state index contributed by atoms with van der Waals surface area (Å²) < 4.78 is 17.0. The molecule has 0 atom stereocenters. The summed E-state index contributed by atoms with van der Waals surface area (Å²) in [6.07, 6.45) is 3.64. The van der Waals surface area contributed by atoms with Crippen LogP contribution >= 0.6 is 0 Å². The molecule has 38 heavy (non-hydrogen) atoms. The number of rotatable bonds is 10. The molecule has 0 unspecified atom stereocenters. The topological polar surface area (TPSA) is 94.2 Å². The predicted molar refractivity (Wildman–Crippen MR) is 144 cm³/mol. The van der Waals surface area contributed by atoms with Gasteiger partial charge in [-0.3, -0.25) is 14.9 Å². The van der Waals surface area contributed by atoms with E-state index < -0.39 is 17.8 Å². The first-order chi connectivity index (χ1) is 18.4. The standard InChI is InChI=1S/C30H28N2O6/c1-4-9-22-16-21(18-26(37-5-2)27(22)36-3)17-25-28(33)31-30(35)32(29(25)34)23-12-14-24(15-13-23)38-19-20-10-7-6-8-11-20/h4,6-8,10-18H,1,5,9,19H2,2-3H3,(H,31,33,35)/b25-17+. The number of benzene rings is 3. The van der Waals surface area contributed by atoms with Gasteiger partial charge in [0.15, 0.2) is 11.5 Å². The van der Waals surface area contributed by atoms with Gasteiger partial charge in [-0.25, -0.2) is 9.69 Å². The molecule has 3 aromatic carbocycles. The minimum atomic E-state index is -0.827. The van der Waals surface area contributed by atoms with E-state index in [2.05, 4.69) is 11.9 Å². The lowest BCUT2D eigenvalue weighted by atomic mass is 10.0. The van der Waals surface area contributed by atoms with Crippen molar-refractivity contribution in [1.29, 1.82) is 0 Å². The molecule has 194 valence electrons. The van der Waals surface area contributed by atoms with Gasteiger partial charge in [-0.15, -0.1) is 6.58 Å². The van der Waals surface area contributed by atoms with Gasteiger partial charge in [-0.1, -0.05) is 36.4 Å². The largest absolute Gasteiger partial charge is 0.493 e. The van der Waals surface area contributed by atoms with E-state index in [4.69, 9.17) is 14.2 Å². The first-order valence-corrected chi connectivity index (χ1v) is 12.1.